The summed E-state index contributed by atoms with van der Waals surface area (Å²) in [4.78, 5) is 35.6. The van der Waals surface area contributed by atoms with Crippen LogP contribution in [0.4, 0.5) is 0 Å². The fourth-order valence-electron chi connectivity index (χ4n) is 6.68. The molecule has 0 aromatic rings. The Morgan fingerprint density at radius 3 is 1.49 bits per heavy atom. The number of hydrogen-bond acceptors (Lipinski definition) is 12. The molecule has 0 aromatic carbocycles. The SMILES string of the molecule is CCCC=CCC=CCCCCCCCC(=O)OCC(COP(=O)(O)OC1C(O)C(O)C(O)C(O)C1O)OC(=O)CCCCCCCCCCCCCCCCC. The fourth-order valence-corrected chi connectivity index (χ4v) is 7.65. The standard InChI is InChI=1S/C43H79O13P/c1-3-5-7-9-11-13-15-17-18-20-22-24-26-28-30-32-37(45)55-35(34-54-57(51,52)56-43-41(49)39(47)38(46)40(48)42(43)50)33-53-36(44)31-29-27-25-23-21-19-16-14-12-10-8-6-4-2/h8,10,14,16,35,38-43,46-50H,3-7,9,11-13,15,17-34H2,1-2H3,(H,51,52). The van der Waals surface area contributed by atoms with Gasteiger partial charge in [-0.15, -0.1) is 0 Å². The average Bonchev–Trinajstić information content (AvgIpc) is 3.19. The Bertz CT molecular complexity index is 1100. The van der Waals surface area contributed by atoms with Crippen molar-refractivity contribution in [1.29, 1.82) is 0 Å². The number of esters is 2. The van der Waals surface area contributed by atoms with Crippen LogP contribution < -0.4 is 0 Å². The maximum Gasteiger partial charge on any atom is 0.472 e. The van der Waals surface area contributed by atoms with E-state index in [9.17, 15) is 44.6 Å². The van der Waals surface area contributed by atoms with E-state index < -0.39 is 75.7 Å². The lowest BCUT2D eigenvalue weighted by atomic mass is 9.85. The highest BCUT2D eigenvalue weighted by atomic mass is 31.2. The van der Waals surface area contributed by atoms with Crippen LogP contribution in [0.1, 0.15) is 181 Å². The van der Waals surface area contributed by atoms with Gasteiger partial charge in [0, 0.05) is 12.8 Å². The predicted molar refractivity (Wildman–Crippen MR) is 221 cm³/mol. The van der Waals surface area contributed by atoms with Crippen LogP contribution in [0.5, 0.6) is 0 Å². The first-order chi connectivity index (χ1) is 27.4. The monoisotopic (exact) mass is 835 g/mol. The summed E-state index contributed by atoms with van der Waals surface area (Å²) in [5, 5.41) is 50.1. The van der Waals surface area contributed by atoms with Gasteiger partial charge in [0.25, 0.3) is 0 Å². The average molecular weight is 835 g/mol. The quantitative estimate of drug-likeness (QED) is 0.0153. The van der Waals surface area contributed by atoms with Gasteiger partial charge in [-0.1, -0.05) is 154 Å². The van der Waals surface area contributed by atoms with Gasteiger partial charge in [-0.2, -0.15) is 0 Å². The number of allylic oxidation sites excluding steroid dienone is 4. The van der Waals surface area contributed by atoms with E-state index in [2.05, 4.69) is 38.2 Å². The zero-order chi connectivity index (χ0) is 42.2. The minimum absolute atomic E-state index is 0.0976. The van der Waals surface area contributed by atoms with E-state index in [1.165, 1.54) is 64.2 Å². The molecule has 0 heterocycles. The molecule has 6 N–H and O–H groups in total. The van der Waals surface area contributed by atoms with E-state index in [-0.39, 0.29) is 12.8 Å². The van der Waals surface area contributed by atoms with E-state index in [0.29, 0.717) is 12.8 Å². The van der Waals surface area contributed by atoms with Crippen LogP contribution in [0.15, 0.2) is 24.3 Å². The number of phosphoric acid groups is 1. The molecule has 0 saturated heterocycles. The fraction of sp³-hybridized carbons (Fsp3) is 0.860. The smallest absolute Gasteiger partial charge is 0.462 e. The normalized spacial score (nSPS) is 22.9. The summed E-state index contributed by atoms with van der Waals surface area (Å²) in [5.74, 6) is -1.11. The molecular weight excluding hydrogens is 755 g/mol. The third-order valence-electron chi connectivity index (χ3n) is 10.3. The van der Waals surface area contributed by atoms with Gasteiger partial charge in [0.1, 0.15) is 43.2 Å². The minimum Gasteiger partial charge on any atom is -0.462 e. The van der Waals surface area contributed by atoms with Crippen LogP contribution in [0.25, 0.3) is 0 Å². The number of phosphoric ester groups is 1. The maximum absolute atomic E-state index is 12.8. The molecule has 334 valence electrons. The number of carbonyl (C=O) groups is 2. The summed E-state index contributed by atoms with van der Waals surface area (Å²) in [6, 6.07) is 0. The molecule has 57 heavy (non-hydrogen) atoms. The van der Waals surface area contributed by atoms with Gasteiger partial charge < -0.3 is 39.9 Å². The molecule has 1 fully saturated rings. The van der Waals surface area contributed by atoms with Gasteiger partial charge in [-0.3, -0.25) is 18.6 Å². The Morgan fingerprint density at radius 1 is 0.544 bits per heavy atom. The molecule has 1 saturated carbocycles. The molecule has 0 spiro atoms. The third kappa shape index (κ3) is 26.9. The largest absolute Gasteiger partial charge is 0.472 e. The Balaban J connectivity index is 2.48. The van der Waals surface area contributed by atoms with Crippen molar-refractivity contribution in [2.75, 3.05) is 13.2 Å². The lowest BCUT2D eigenvalue weighted by Gasteiger charge is -2.41. The molecular formula is C43H79O13P. The topological polar surface area (TPSA) is 210 Å². The second-order valence-corrected chi connectivity index (χ2v) is 17.0. The molecule has 0 aliphatic heterocycles. The predicted octanol–water partition coefficient (Wildman–Crippen LogP) is 8.06. The highest BCUT2D eigenvalue weighted by molar-refractivity contribution is 7.47. The van der Waals surface area contributed by atoms with Crippen molar-refractivity contribution in [3.8, 4) is 0 Å². The Labute approximate surface area is 343 Å². The molecule has 6 atom stereocenters. The second kappa shape index (κ2) is 34.1. The summed E-state index contributed by atoms with van der Waals surface area (Å²) < 4.78 is 33.5. The van der Waals surface area contributed by atoms with Crippen molar-refractivity contribution in [3.05, 3.63) is 24.3 Å². The van der Waals surface area contributed by atoms with Crippen molar-refractivity contribution in [1.82, 2.24) is 0 Å². The second-order valence-electron chi connectivity index (χ2n) is 15.6. The Morgan fingerprint density at radius 2 is 0.982 bits per heavy atom. The molecule has 6 unspecified atom stereocenters. The van der Waals surface area contributed by atoms with E-state index >= 15 is 0 Å². The van der Waals surface area contributed by atoms with Crippen LogP contribution in [0.3, 0.4) is 0 Å². The third-order valence-corrected chi connectivity index (χ3v) is 11.3. The highest BCUT2D eigenvalue weighted by Crippen LogP contribution is 2.47. The molecule has 1 aliphatic carbocycles. The first-order valence-corrected chi connectivity index (χ1v) is 23.6. The molecule has 1 rings (SSSR count). The number of unbranched alkanes of at least 4 members (excludes halogenated alkanes) is 20. The van der Waals surface area contributed by atoms with Crippen molar-refractivity contribution >= 4 is 19.8 Å². The van der Waals surface area contributed by atoms with Crippen LogP contribution in [-0.2, 0) is 32.7 Å². The zero-order valence-electron chi connectivity index (χ0n) is 35.1. The summed E-state index contributed by atoms with van der Waals surface area (Å²) in [6.45, 7) is 3.22. The van der Waals surface area contributed by atoms with Gasteiger partial charge >= 0.3 is 19.8 Å². The van der Waals surface area contributed by atoms with Crippen molar-refractivity contribution in [2.45, 2.75) is 224 Å². The van der Waals surface area contributed by atoms with Gasteiger partial charge in [-0.25, -0.2) is 4.57 Å². The number of aliphatic hydroxyl groups excluding tert-OH is 5. The number of hydrogen-bond donors (Lipinski definition) is 6. The van der Waals surface area contributed by atoms with Crippen LogP contribution >= 0.6 is 7.82 Å². The summed E-state index contributed by atoms with van der Waals surface area (Å²) in [5.41, 5.74) is 0. The summed E-state index contributed by atoms with van der Waals surface area (Å²) >= 11 is 0. The number of carbonyl (C=O) groups excluding carboxylic acids is 2. The van der Waals surface area contributed by atoms with E-state index in [1.54, 1.807) is 0 Å². The molecule has 0 radical (unpaired) electrons. The Hall–Kier alpha value is -1.67. The van der Waals surface area contributed by atoms with E-state index in [1.807, 2.05) is 0 Å². The van der Waals surface area contributed by atoms with Gasteiger partial charge in [0.2, 0.25) is 0 Å². The summed E-state index contributed by atoms with van der Waals surface area (Å²) in [7, 11) is -5.11. The Kier molecular flexibility index (Phi) is 31.9. The van der Waals surface area contributed by atoms with Crippen molar-refractivity contribution in [2.24, 2.45) is 0 Å². The zero-order valence-corrected chi connectivity index (χ0v) is 36.0. The first kappa shape index (κ1) is 53.3. The molecule has 0 bridgehead atoms. The van der Waals surface area contributed by atoms with Crippen LogP contribution in [-0.4, -0.2) is 98.3 Å². The maximum atomic E-state index is 12.8. The molecule has 13 nitrogen and oxygen atoms in total. The highest BCUT2D eigenvalue weighted by Gasteiger charge is 2.51. The van der Waals surface area contributed by atoms with Crippen LogP contribution in [0, 0.1) is 0 Å². The molecule has 14 heteroatoms. The van der Waals surface area contributed by atoms with E-state index in [0.717, 1.165) is 77.0 Å². The molecule has 0 amide bonds. The first-order valence-electron chi connectivity index (χ1n) is 22.1. The lowest BCUT2D eigenvalue weighted by molar-refractivity contribution is -0.220. The summed E-state index contributed by atoms with van der Waals surface area (Å²) in [6.07, 6.45) is 22.4. The van der Waals surface area contributed by atoms with E-state index in [4.69, 9.17) is 18.5 Å². The number of ether oxygens (including phenoxy) is 2. The van der Waals surface area contributed by atoms with Crippen molar-refractivity contribution < 1.29 is 63.1 Å². The molecule has 1 aliphatic rings. The molecule has 0 aromatic heterocycles. The number of rotatable bonds is 36. The minimum atomic E-state index is -5.11. The van der Waals surface area contributed by atoms with Gasteiger partial charge in [-0.05, 0) is 38.5 Å². The lowest BCUT2D eigenvalue weighted by Crippen LogP contribution is -2.64. The van der Waals surface area contributed by atoms with Gasteiger partial charge in [0.05, 0.1) is 6.61 Å². The van der Waals surface area contributed by atoms with Gasteiger partial charge in [0.15, 0.2) is 6.10 Å². The number of aliphatic hydroxyl groups is 5. The van der Waals surface area contributed by atoms with Crippen LogP contribution in [0.2, 0.25) is 0 Å². The van der Waals surface area contributed by atoms with Crippen molar-refractivity contribution in [3.63, 3.8) is 0 Å².